The van der Waals surface area contributed by atoms with Gasteiger partial charge < -0.3 is 9.80 Å². The maximum atomic E-state index is 3.95. The predicted octanol–water partition coefficient (Wildman–Crippen LogP) is 17.2. The van der Waals surface area contributed by atoms with E-state index in [0.717, 1.165) is 46.0 Å². The molecule has 0 aliphatic heterocycles. The Morgan fingerprint density at radius 3 is 0.969 bits per heavy atom. The standard InChI is InChI=1S/C62H50N2/c1-2-3-17-48(49-18-8-4-9-19-49)26-16-47-63(58-37-27-53(28-38-58)50-20-10-5-11-21-50)59-39-29-56(30-40-59)57-35-45-62(46-36-57)64(60-41-31-54(32-42-60)51-22-12-6-13-23-51)61-43-33-55(34-44-61)52-24-14-7-15-25-52/h2,4-46H,1,3,47H2/b26-16-,48-17+. The van der Waals surface area contributed by atoms with Crippen LogP contribution < -0.4 is 9.80 Å². The molecular formula is C62H50N2. The van der Waals surface area contributed by atoms with E-state index in [1.807, 2.05) is 6.08 Å². The van der Waals surface area contributed by atoms with Crippen molar-refractivity contribution in [2.75, 3.05) is 16.3 Å². The zero-order chi connectivity index (χ0) is 43.3. The molecule has 0 spiro atoms. The minimum atomic E-state index is 0.700. The monoisotopic (exact) mass is 822 g/mol. The first-order valence-corrected chi connectivity index (χ1v) is 22.0. The van der Waals surface area contributed by atoms with Crippen molar-refractivity contribution in [2.45, 2.75) is 6.42 Å². The summed E-state index contributed by atoms with van der Waals surface area (Å²) in [6, 6.07) is 86.7. The molecular weight excluding hydrogens is 773 g/mol. The third kappa shape index (κ3) is 9.79. The number of benzene rings is 9. The van der Waals surface area contributed by atoms with Crippen LogP contribution in [0.2, 0.25) is 0 Å². The van der Waals surface area contributed by atoms with E-state index >= 15 is 0 Å². The second kappa shape index (κ2) is 20.1. The van der Waals surface area contributed by atoms with Crippen molar-refractivity contribution in [3.63, 3.8) is 0 Å². The molecule has 9 aromatic carbocycles. The molecule has 0 heterocycles. The second-order valence-electron chi connectivity index (χ2n) is 15.7. The second-order valence-corrected chi connectivity index (χ2v) is 15.7. The summed E-state index contributed by atoms with van der Waals surface area (Å²) >= 11 is 0. The third-order valence-electron chi connectivity index (χ3n) is 11.6. The lowest BCUT2D eigenvalue weighted by Crippen LogP contribution is -2.16. The van der Waals surface area contributed by atoms with Crippen molar-refractivity contribution in [3.8, 4) is 44.5 Å². The molecule has 0 fully saturated rings. The lowest BCUT2D eigenvalue weighted by atomic mass is 10.0. The molecule has 308 valence electrons. The largest absolute Gasteiger partial charge is 0.338 e. The van der Waals surface area contributed by atoms with Crippen molar-refractivity contribution in [1.29, 1.82) is 0 Å². The van der Waals surface area contributed by atoms with Crippen molar-refractivity contribution < 1.29 is 0 Å². The first-order valence-electron chi connectivity index (χ1n) is 22.0. The van der Waals surface area contributed by atoms with Crippen molar-refractivity contribution in [2.24, 2.45) is 0 Å². The van der Waals surface area contributed by atoms with Crippen LogP contribution in [0.1, 0.15) is 12.0 Å². The lowest BCUT2D eigenvalue weighted by molar-refractivity contribution is 1.10. The summed E-state index contributed by atoms with van der Waals surface area (Å²) in [6.45, 7) is 4.65. The Bertz CT molecular complexity index is 2840. The zero-order valence-electron chi connectivity index (χ0n) is 35.9. The molecule has 2 nitrogen and oxygen atoms in total. The van der Waals surface area contributed by atoms with E-state index in [2.05, 4.69) is 277 Å². The van der Waals surface area contributed by atoms with E-state index < -0.39 is 0 Å². The summed E-state index contributed by atoms with van der Waals surface area (Å²) in [4.78, 5) is 4.71. The molecule has 0 radical (unpaired) electrons. The highest BCUT2D eigenvalue weighted by Crippen LogP contribution is 2.38. The molecule has 0 aromatic heterocycles. The molecule has 0 aliphatic carbocycles. The van der Waals surface area contributed by atoms with E-state index in [0.29, 0.717) is 6.54 Å². The molecule has 64 heavy (non-hydrogen) atoms. The van der Waals surface area contributed by atoms with Gasteiger partial charge in [-0.15, -0.1) is 6.58 Å². The van der Waals surface area contributed by atoms with Gasteiger partial charge in [0.05, 0.1) is 0 Å². The maximum absolute atomic E-state index is 3.95. The Hall–Kier alpha value is -8.20. The fraction of sp³-hybridized carbons (Fsp3) is 0.0323. The summed E-state index contributed by atoms with van der Waals surface area (Å²) in [5, 5.41) is 0. The van der Waals surface area contributed by atoms with Gasteiger partial charge in [-0.25, -0.2) is 0 Å². The summed E-state index contributed by atoms with van der Waals surface area (Å²) in [6.07, 6.45) is 9.48. The highest BCUT2D eigenvalue weighted by molar-refractivity contribution is 5.82. The first-order chi connectivity index (χ1) is 31.7. The summed E-state index contributed by atoms with van der Waals surface area (Å²) in [7, 11) is 0. The predicted molar refractivity (Wildman–Crippen MR) is 275 cm³/mol. The van der Waals surface area contributed by atoms with E-state index in [-0.39, 0.29) is 0 Å². The van der Waals surface area contributed by atoms with E-state index in [9.17, 15) is 0 Å². The first kappa shape index (κ1) is 41.2. The molecule has 0 atom stereocenters. The smallest absolute Gasteiger partial charge is 0.0462 e. The number of allylic oxidation sites excluding steroid dienone is 4. The Balaban J connectivity index is 1.00. The quantitative estimate of drug-likeness (QED) is 0.0751. The number of rotatable bonds is 15. The summed E-state index contributed by atoms with van der Waals surface area (Å²) in [5.74, 6) is 0. The minimum Gasteiger partial charge on any atom is -0.338 e. The topological polar surface area (TPSA) is 6.48 Å². The van der Waals surface area contributed by atoms with Gasteiger partial charge in [0.2, 0.25) is 0 Å². The van der Waals surface area contributed by atoms with Crippen molar-refractivity contribution >= 4 is 34.0 Å². The maximum Gasteiger partial charge on any atom is 0.0462 e. The highest BCUT2D eigenvalue weighted by Gasteiger charge is 2.15. The molecule has 9 aromatic rings. The van der Waals surface area contributed by atoms with E-state index in [1.54, 1.807) is 0 Å². The van der Waals surface area contributed by atoms with Gasteiger partial charge in [0, 0.05) is 35.0 Å². The number of anilines is 5. The SMILES string of the molecule is C=CC/C=C(\C=C/CN(c1ccc(-c2ccccc2)cc1)c1ccc(-c2ccc(N(c3ccc(-c4ccccc4)cc3)c3ccc(-c4ccccc4)cc3)cc2)cc1)c1ccccc1. The van der Waals surface area contributed by atoms with Crippen LogP contribution in [0.3, 0.4) is 0 Å². The Morgan fingerprint density at radius 2 is 0.641 bits per heavy atom. The van der Waals surface area contributed by atoms with Gasteiger partial charge in [0.25, 0.3) is 0 Å². The summed E-state index contributed by atoms with van der Waals surface area (Å²) in [5.41, 5.74) is 17.5. The molecule has 0 amide bonds. The Morgan fingerprint density at radius 1 is 0.344 bits per heavy atom. The van der Waals surface area contributed by atoms with Gasteiger partial charge in [-0.3, -0.25) is 0 Å². The number of nitrogens with zero attached hydrogens (tertiary/aromatic N) is 2. The molecule has 2 heteroatoms. The fourth-order valence-corrected chi connectivity index (χ4v) is 8.18. The number of hydrogen-bond acceptors (Lipinski definition) is 2. The van der Waals surface area contributed by atoms with Gasteiger partial charge in [-0.1, -0.05) is 206 Å². The van der Waals surface area contributed by atoms with Crippen LogP contribution in [0.15, 0.2) is 274 Å². The van der Waals surface area contributed by atoms with Gasteiger partial charge in [0.15, 0.2) is 0 Å². The third-order valence-corrected chi connectivity index (χ3v) is 11.6. The van der Waals surface area contributed by atoms with Gasteiger partial charge >= 0.3 is 0 Å². The van der Waals surface area contributed by atoms with E-state index in [1.165, 1.54) is 44.5 Å². The molecule has 0 aliphatic rings. The average Bonchev–Trinajstić information content (AvgIpc) is 3.38. The van der Waals surface area contributed by atoms with Crippen LogP contribution in [0, 0.1) is 0 Å². The Kier molecular flexibility index (Phi) is 12.9. The molecule has 0 saturated heterocycles. The Labute approximate surface area is 378 Å². The number of hydrogen-bond donors (Lipinski definition) is 0. The van der Waals surface area contributed by atoms with Crippen molar-refractivity contribution in [1.82, 2.24) is 0 Å². The van der Waals surface area contributed by atoms with Gasteiger partial charge in [0.1, 0.15) is 0 Å². The summed E-state index contributed by atoms with van der Waals surface area (Å²) < 4.78 is 0. The molecule has 0 N–H and O–H groups in total. The lowest BCUT2D eigenvalue weighted by Gasteiger charge is -2.26. The van der Waals surface area contributed by atoms with Gasteiger partial charge in [-0.2, -0.15) is 0 Å². The fourth-order valence-electron chi connectivity index (χ4n) is 8.18. The molecule has 0 saturated carbocycles. The van der Waals surface area contributed by atoms with Crippen molar-refractivity contribution in [3.05, 3.63) is 279 Å². The highest BCUT2D eigenvalue weighted by atomic mass is 15.1. The normalized spacial score (nSPS) is 11.3. The van der Waals surface area contributed by atoms with Crippen LogP contribution >= 0.6 is 0 Å². The minimum absolute atomic E-state index is 0.700. The molecule has 9 rings (SSSR count). The van der Waals surface area contributed by atoms with Gasteiger partial charge in [-0.05, 0) is 123 Å². The molecule has 0 unspecified atom stereocenters. The van der Waals surface area contributed by atoms with Crippen LogP contribution in [0.4, 0.5) is 28.4 Å². The van der Waals surface area contributed by atoms with Crippen LogP contribution in [0.25, 0.3) is 50.1 Å². The van der Waals surface area contributed by atoms with Crippen LogP contribution in [-0.2, 0) is 0 Å². The molecule has 0 bridgehead atoms. The van der Waals surface area contributed by atoms with Crippen LogP contribution in [-0.4, -0.2) is 6.54 Å². The zero-order valence-corrected chi connectivity index (χ0v) is 35.9. The van der Waals surface area contributed by atoms with Crippen LogP contribution in [0.5, 0.6) is 0 Å². The van der Waals surface area contributed by atoms with E-state index in [4.69, 9.17) is 0 Å². The average molecular weight is 823 g/mol.